The Morgan fingerprint density at radius 3 is 2.07 bits per heavy atom. The predicted molar refractivity (Wildman–Crippen MR) is 131 cm³/mol. The van der Waals surface area contributed by atoms with E-state index in [1.807, 2.05) is 0 Å². The predicted octanol–water partition coefficient (Wildman–Crippen LogP) is 6.41. The molecule has 1 aliphatic carbocycles. The quantitative estimate of drug-likeness (QED) is 0.571. The minimum absolute atomic E-state index is 0.0435. The Morgan fingerprint density at radius 2 is 1.50 bits per heavy atom. The van der Waals surface area contributed by atoms with E-state index in [9.17, 15) is 0 Å². The highest BCUT2D eigenvalue weighted by molar-refractivity contribution is 7.81. The van der Waals surface area contributed by atoms with Crippen LogP contribution in [0.1, 0.15) is 82.2 Å². The van der Waals surface area contributed by atoms with E-state index in [0.717, 1.165) is 13.1 Å². The van der Waals surface area contributed by atoms with Crippen LogP contribution in [0.15, 0.2) is 48.5 Å². The van der Waals surface area contributed by atoms with Crippen LogP contribution in [0, 0.1) is 6.92 Å². The summed E-state index contributed by atoms with van der Waals surface area (Å²) in [6.45, 7) is 18.4. The summed E-state index contributed by atoms with van der Waals surface area (Å²) >= 11 is 4.99. The molecule has 0 radical (unpaired) electrons. The zero-order valence-corrected chi connectivity index (χ0v) is 20.6. The lowest BCUT2D eigenvalue weighted by molar-refractivity contribution is -0.108. The lowest BCUT2D eigenvalue weighted by atomic mass is 9.84. The van der Waals surface area contributed by atoms with E-state index in [4.69, 9.17) is 12.6 Å². The van der Waals surface area contributed by atoms with Crippen molar-refractivity contribution in [1.82, 2.24) is 9.80 Å². The largest absolute Gasteiger partial charge is 0.293 e. The van der Waals surface area contributed by atoms with Gasteiger partial charge in [-0.2, -0.15) is 12.6 Å². The average Bonchev–Trinajstić information content (AvgIpc) is 2.97. The molecule has 1 heterocycles. The van der Waals surface area contributed by atoms with Gasteiger partial charge in [0.1, 0.15) is 0 Å². The van der Waals surface area contributed by atoms with Crippen LogP contribution in [0.4, 0.5) is 0 Å². The van der Waals surface area contributed by atoms with Crippen molar-refractivity contribution in [3.8, 4) is 0 Å². The van der Waals surface area contributed by atoms with Crippen molar-refractivity contribution in [2.75, 3.05) is 13.1 Å². The van der Waals surface area contributed by atoms with Crippen molar-refractivity contribution >= 4 is 12.6 Å². The number of thiol groups is 1. The molecule has 2 atom stereocenters. The van der Waals surface area contributed by atoms with E-state index in [2.05, 4.69) is 107 Å². The monoisotopic (exact) mass is 422 g/mol. The number of hydrogen-bond donors (Lipinski definition) is 1. The number of fused-ring (bicyclic) bond motifs is 1. The molecule has 3 heteroatoms. The van der Waals surface area contributed by atoms with Crippen LogP contribution in [0.2, 0.25) is 0 Å². The Labute approximate surface area is 189 Å². The second-order valence-electron chi connectivity index (χ2n) is 11.2. The molecule has 2 aromatic carbocycles. The van der Waals surface area contributed by atoms with Crippen molar-refractivity contribution in [3.05, 3.63) is 70.8 Å². The van der Waals surface area contributed by atoms with Gasteiger partial charge < -0.3 is 0 Å². The summed E-state index contributed by atoms with van der Waals surface area (Å²) in [7, 11) is 0. The van der Waals surface area contributed by atoms with Crippen molar-refractivity contribution in [2.45, 2.75) is 82.8 Å². The van der Waals surface area contributed by atoms with Gasteiger partial charge in [-0.1, -0.05) is 54.1 Å². The highest BCUT2D eigenvalue weighted by atomic mass is 32.1. The Kier molecular flexibility index (Phi) is 5.40. The van der Waals surface area contributed by atoms with Gasteiger partial charge in [0.05, 0.1) is 4.87 Å². The highest BCUT2D eigenvalue weighted by Crippen LogP contribution is 2.50. The summed E-state index contributed by atoms with van der Waals surface area (Å²) in [6.07, 6.45) is 1.17. The molecule has 4 rings (SSSR count). The van der Waals surface area contributed by atoms with Crippen LogP contribution in [0.5, 0.6) is 0 Å². The fourth-order valence-electron chi connectivity index (χ4n) is 6.84. The molecule has 30 heavy (non-hydrogen) atoms. The zero-order valence-electron chi connectivity index (χ0n) is 19.7. The van der Waals surface area contributed by atoms with Gasteiger partial charge in [-0.15, -0.1) is 0 Å². The van der Waals surface area contributed by atoms with Gasteiger partial charge in [0, 0.05) is 36.1 Å². The first kappa shape index (κ1) is 21.9. The number of hydrogen-bond acceptors (Lipinski definition) is 3. The maximum absolute atomic E-state index is 4.99. The SMILES string of the molecule is Cc1ccc2c(c1)C(N1CC(C)(C)N(C(C)(C)S)C(C)(C)C1)CC2c1ccccc1. The minimum Gasteiger partial charge on any atom is -0.293 e. The van der Waals surface area contributed by atoms with Gasteiger partial charge in [0.15, 0.2) is 0 Å². The molecule has 1 fully saturated rings. The third-order valence-electron chi connectivity index (χ3n) is 7.02. The first-order valence-electron chi connectivity index (χ1n) is 11.3. The molecule has 2 unspecified atom stereocenters. The molecule has 0 saturated carbocycles. The number of rotatable bonds is 3. The molecular weight excluding hydrogens is 384 g/mol. The second kappa shape index (κ2) is 7.39. The molecule has 1 saturated heterocycles. The third kappa shape index (κ3) is 3.85. The molecule has 1 aliphatic heterocycles. The van der Waals surface area contributed by atoms with Crippen LogP contribution in [-0.4, -0.2) is 38.8 Å². The Bertz CT molecular complexity index is 892. The molecule has 0 spiro atoms. The van der Waals surface area contributed by atoms with Crippen molar-refractivity contribution in [2.24, 2.45) is 0 Å². The third-order valence-corrected chi connectivity index (χ3v) is 7.22. The molecule has 2 aliphatic rings. The van der Waals surface area contributed by atoms with Crippen LogP contribution in [-0.2, 0) is 0 Å². The number of aryl methyl sites for hydroxylation is 1. The topological polar surface area (TPSA) is 6.48 Å². The van der Waals surface area contributed by atoms with Gasteiger partial charge in [-0.05, 0) is 71.6 Å². The van der Waals surface area contributed by atoms with Gasteiger partial charge in [0.25, 0.3) is 0 Å². The Morgan fingerprint density at radius 1 is 0.900 bits per heavy atom. The van der Waals surface area contributed by atoms with Crippen LogP contribution < -0.4 is 0 Å². The van der Waals surface area contributed by atoms with Gasteiger partial charge in [0.2, 0.25) is 0 Å². The van der Waals surface area contributed by atoms with E-state index in [0.29, 0.717) is 12.0 Å². The Hall–Kier alpha value is -1.29. The lowest BCUT2D eigenvalue weighted by Crippen LogP contribution is -2.72. The summed E-state index contributed by atoms with van der Waals surface area (Å²) in [5.74, 6) is 0.484. The first-order chi connectivity index (χ1) is 13.9. The fraction of sp³-hybridized carbons (Fsp3) is 0.556. The zero-order chi connectivity index (χ0) is 21.9. The minimum atomic E-state index is -0.157. The van der Waals surface area contributed by atoms with Crippen LogP contribution in [0.3, 0.4) is 0 Å². The molecule has 0 aromatic heterocycles. The summed E-state index contributed by atoms with van der Waals surface area (Å²) in [6, 6.07) is 18.6. The summed E-state index contributed by atoms with van der Waals surface area (Å²) in [4.78, 5) is 5.22. The smallest absolute Gasteiger partial charge is 0.0594 e. The van der Waals surface area contributed by atoms with Crippen LogP contribution in [0.25, 0.3) is 0 Å². The highest BCUT2D eigenvalue weighted by Gasteiger charge is 2.51. The first-order valence-corrected chi connectivity index (χ1v) is 11.8. The second-order valence-corrected chi connectivity index (χ2v) is 12.3. The number of benzene rings is 2. The molecule has 0 bridgehead atoms. The van der Waals surface area contributed by atoms with E-state index in [1.54, 1.807) is 0 Å². The normalized spacial score (nSPS) is 26.5. The standard InChI is InChI=1S/C27H38N2S/c1-19-13-14-21-22(20-11-9-8-10-12-20)16-24(23(21)15-19)28-17-25(2,3)29(27(6,7)30)26(4,5)18-28/h8-15,22,24,30H,16-18H2,1-7H3. The van der Waals surface area contributed by atoms with E-state index >= 15 is 0 Å². The van der Waals surface area contributed by atoms with E-state index in [1.165, 1.54) is 28.7 Å². The van der Waals surface area contributed by atoms with Gasteiger partial charge >= 0.3 is 0 Å². The molecule has 162 valence electrons. The summed E-state index contributed by atoms with van der Waals surface area (Å²) < 4.78 is 0. The van der Waals surface area contributed by atoms with Gasteiger partial charge in [-0.25, -0.2) is 0 Å². The lowest BCUT2D eigenvalue weighted by Gasteiger charge is -2.61. The maximum atomic E-state index is 4.99. The number of piperazine rings is 1. The van der Waals surface area contributed by atoms with Crippen LogP contribution >= 0.6 is 12.6 Å². The Balaban J connectivity index is 1.72. The summed E-state index contributed by atoms with van der Waals surface area (Å²) in [5, 5.41) is 0. The summed E-state index contributed by atoms with van der Waals surface area (Å²) in [5.41, 5.74) is 5.95. The molecule has 0 N–H and O–H groups in total. The van der Waals surface area contributed by atoms with E-state index in [-0.39, 0.29) is 15.9 Å². The average molecular weight is 423 g/mol. The van der Waals surface area contributed by atoms with Crippen molar-refractivity contribution in [1.29, 1.82) is 0 Å². The van der Waals surface area contributed by atoms with E-state index < -0.39 is 0 Å². The van der Waals surface area contributed by atoms with Crippen molar-refractivity contribution in [3.63, 3.8) is 0 Å². The van der Waals surface area contributed by atoms with Gasteiger partial charge in [-0.3, -0.25) is 9.80 Å². The molecule has 2 aromatic rings. The number of nitrogens with zero attached hydrogens (tertiary/aromatic N) is 2. The molecule has 0 amide bonds. The molecule has 2 nitrogen and oxygen atoms in total. The fourth-order valence-corrected chi connectivity index (χ4v) is 7.38. The molecular formula is C27H38N2S. The van der Waals surface area contributed by atoms with Crippen molar-refractivity contribution < 1.29 is 0 Å². The maximum Gasteiger partial charge on any atom is 0.0594 e.